The number of nitrogens with zero attached hydrogens (tertiary/aromatic N) is 2. The van der Waals surface area contributed by atoms with Gasteiger partial charge in [-0.15, -0.1) is 0 Å². The van der Waals surface area contributed by atoms with Gasteiger partial charge in [-0.05, 0) is 47.0 Å². The number of rotatable bonds is 3. The number of hydrogen-bond acceptors (Lipinski definition) is 5. The molecule has 0 radical (unpaired) electrons. The lowest BCUT2D eigenvalue weighted by Crippen LogP contribution is -2.42. The molecule has 1 aliphatic heterocycles. The third-order valence-corrected chi connectivity index (χ3v) is 6.28. The summed E-state index contributed by atoms with van der Waals surface area (Å²) in [5, 5.41) is 16.7. The number of nitrogens with two attached hydrogens (primary N) is 1. The first-order chi connectivity index (χ1) is 12.4. The van der Waals surface area contributed by atoms with Crippen LogP contribution in [-0.2, 0) is 14.8 Å². The number of carbonyl (C=O) groups excluding carboxylic acids is 1. The molecule has 2 rings (SSSR count). The SMILES string of the molecule is CC(C)(C)C(=O)NC[C@H]1CCCN1C#N.NS(=O)(=O)c1cc(Br)ccc1Br. The molecule has 1 aromatic carbocycles. The van der Waals surface area contributed by atoms with Crippen LogP contribution in [-0.4, -0.2) is 38.4 Å². The van der Waals surface area contributed by atoms with Crippen LogP contribution < -0.4 is 10.5 Å². The average Bonchev–Trinajstić information content (AvgIpc) is 3.01. The Morgan fingerprint density at radius 1 is 1.41 bits per heavy atom. The molecule has 0 aromatic heterocycles. The van der Waals surface area contributed by atoms with Crippen LogP contribution in [0.25, 0.3) is 0 Å². The number of likely N-dealkylation sites (tertiary alicyclic amines) is 1. The van der Waals surface area contributed by atoms with Crippen LogP contribution in [0.15, 0.2) is 32.0 Å². The van der Waals surface area contributed by atoms with E-state index in [4.69, 9.17) is 10.4 Å². The highest BCUT2D eigenvalue weighted by atomic mass is 79.9. The number of nitrogens with one attached hydrogen (secondary N) is 1. The highest BCUT2D eigenvalue weighted by molar-refractivity contribution is 9.11. The van der Waals surface area contributed by atoms with Gasteiger partial charge in [0.05, 0.1) is 10.9 Å². The fraction of sp³-hybridized carbons (Fsp3) is 0.529. The molecule has 1 aromatic rings. The Bertz CT molecular complexity index is 816. The number of nitriles is 1. The van der Waals surface area contributed by atoms with E-state index in [-0.39, 0.29) is 22.3 Å². The zero-order chi connectivity index (χ0) is 20.8. The minimum absolute atomic E-state index is 0.0484. The molecule has 0 bridgehead atoms. The summed E-state index contributed by atoms with van der Waals surface area (Å²) in [4.78, 5) is 13.4. The smallest absolute Gasteiger partial charge is 0.239 e. The van der Waals surface area contributed by atoms with E-state index in [1.54, 1.807) is 17.0 Å². The van der Waals surface area contributed by atoms with Crippen molar-refractivity contribution in [3.8, 4) is 6.19 Å². The van der Waals surface area contributed by atoms with Gasteiger partial charge < -0.3 is 10.2 Å². The second-order valence-electron chi connectivity index (χ2n) is 7.17. The molecule has 1 aliphatic rings. The second-order valence-corrected chi connectivity index (χ2v) is 10.5. The Kier molecular flexibility index (Phi) is 8.73. The molecule has 1 amide bonds. The molecule has 7 nitrogen and oxygen atoms in total. The van der Waals surface area contributed by atoms with Crippen LogP contribution in [0.4, 0.5) is 0 Å². The van der Waals surface area contributed by atoms with E-state index in [9.17, 15) is 13.2 Å². The van der Waals surface area contributed by atoms with E-state index in [0.29, 0.717) is 15.5 Å². The molecule has 1 heterocycles. The summed E-state index contributed by atoms with van der Waals surface area (Å²) in [5.74, 6) is 0.0484. The van der Waals surface area contributed by atoms with Gasteiger partial charge in [0.1, 0.15) is 0 Å². The van der Waals surface area contributed by atoms with Gasteiger partial charge in [-0.2, -0.15) is 5.26 Å². The van der Waals surface area contributed by atoms with Crippen molar-refractivity contribution < 1.29 is 13.2 Å². The number of halogens is 2. The van der Waals surface area contributed by atoms with E-state index in [2.05, 4.69) is 43.4 Å². The Morgan fingerprint density at radius 3 is 2.52 bits per heavy atom. The molecule has 1 saturated heterocycles. The zero-order valence-electron chi connectivity index (χ0n) is 15.5. The van der Waals surface area contributed by atoms with Crippen molar-refractivity contribution in [3.63, 3.8) is 0 Å². The van der Waals surface area contributed by atoms with Gasteiger partial charge in [-0.1, -0.05) is 36.7 Å². The molecule has 27 heavy (non-hydrogen) atoms. The molecule has 1 fully saturated rings. The van der Waals surface area contributed by atoms with Crippen molar-refractivity contribution in [2.75, 3.05) is 13.1 Å². The maximum atomic E-state index is 11.6. The summed E-state index contributed by atoms with van der Waals surface area (Å²) in [6.07, 6.45) is 4.20. The number of sulfonamides is 1. The molecule has 0 spiro atoms. The van der Waals surface area contributed by atoms with Gasteiger partial charge in [0.2, 0.25) is 15.9 Å². The van der Waals surface area contributed by atoms with Crippen molar-refractivity contribution in [1.29, 1.82) is 5.26 Å². The van der Waals surface area contributed by atoms with Crippen LogP contribution in [0.3, 0.4) is 0 Å². The third-order valence-electron chi connectivity index (χ3n) is 3.88. The molecule has 10 heteroatoms. The third kappa shape index (κ3) is 7.78. The van der Waals surface area contributed by atoms with Gasteiger partial charge in [0.25, 0.3) is 0 Å². The van der Waals surface area contributed by atoms with E-state index in [1.165, 1.54) is 6.07 Å². The van der Waals surface area contributed by atoms with E-state index in [1.807, 2.05) is 20.8 Å². The summed E-state index contributed by atoms with van der Waals surface area (Å²) in [5.41, 5.74) is -0.351. The molecule has 0 unspecified atom stereocenters. The number of carbonyl (C=O) groups is 1. The lowest BCUT2D eigenvalue weighted by atomic mass is 9.95. The van der Waals surface area contributed by atoms with Crippen LogP contribution in [0.1, 0.15) is 33.6 Å². The minimum atomic E-state index is -3.63. The monoisotopic (exact) mass is 522 g/mol. The summed E-state index contributed by atoms with van der Waals surface area (Å²) >= 11 is 6.23. The number of amides is 1. The standard InChI is InChI=1S/C11H19N3O.C6H5Br2NO2S/c1-11(2,3)10(15)13-7-9-5-4-6-14(9)8-12;7-4-1-2-5(8)6(3-4)12(9,10)11/h9H,4-7H2,1-3H3,(H,13,15);1-3H,(H2,9,10,11)/t9-;/m1./s1. The quantitative estimate of drug-likeness (QED) is 0.591. The summed E-state index contributed by atoms with van der Waals surface area (Å²) < 4.78 is 23.0. The predicted molar refractivity (Wildman–Crippen MR) is 111 cm³/mol. The maximum Gasteiger partial charge on any atom is 0.239 e. The Balaban J connectivity index is 0.000000277. The number of hydrogen-bond donors (Lipinski definition) is 2. The summed E-state index contributed by atoms with van der Waals surface area (Å²) in [6, 6.07) is 4.98. The lowest BCUT2D eigenvalue weighted by Gasteiger charge is -2.22. The molecule has 0 saturated carbocycles. The van der Waals surface area contributed by atoms with Crippen LogP contribution in [0, 0.1) is 16.9 Å². The minimum Gasteiger partial charge on any atom is -0.354 e. The molecular formula is C17H24Br2N4O3S. The number of benzene rings is 1. The van der Waals surface area contributed by atoms with E-state index < -0.39 is 10.0 Å². The predicted octanol–water partition coefficient (Wildman–Crippen LogP) is 2.95. The molecule has 3 N–H and O–H groups in total. The van der Waals surface area contributed by atoms with Crippen molar-refractivity contribution in [1.82, 2.24) is 10.2 Å². The van der Waals surface area contributed by atoms with Crippen molar-refractivity contribution in [2.24, 2.45) is 10.6 Å². The lowest BCUT2D eigenvalue weighted by molar-refractivity contribution is -0.128. The fourth-order valence-corrected chi connectivity index (χ4v) is 4.42. The summed E-state index contributed by atoms with van der Waals surface area (Å²) in [7, 11) is -3.63. The summed E-state index contributed by atoms with van der Waals surface area (Å²) in [6.45, 7) is 7.08. The molecular weight excluding hydrogens is 500 g/mol. The Hall–Kier alpha value is -1.15. The largest absolute Gasteiger partial charge is 0.354 e. The van der Waals surface area contributed by atoms with Gasteiger partial charge in [0, 0.05) is 27.4 Å². The normalized spacial score (nSPS) is 16.9. The van der Waals surface area contributed by atoms with Crippen LogP contribution in [0.5, 0.6) is 0 Å². The fourth-order valence-electron chi connectivity index (χ4n) is 2.35. The average molecular weight is 524 g/mol. The Labute approximate surface area is 177 Å². The van der Waals surface area contributed by atoms with Crippen LogP contribution >= 0.6 is 31.9 Å². The van der Waals surface area contributed by atoms with Crippen molar-refractivity contribution in [2.45, 2.75) is 44.6 Å². The van der Waals surface area contributed by atoms with Gasteiger partial charge >= 0.3 is 0 Å². The molecule has 150 valence electrons. The molecule has 0 aliphatic carbocycles. The number of primary sulfonamides is 1. The van der Waals surface area contributed by atoms with Crippen LogP contribution in [0.2, 0.25) is 0 Å². The molecule has 1 atom stereocenters. The van der Waals surface area contributed by atoms with Gasteiger partial charge in [0.15, 0.2) is 6.19 Å². The van der Waals surface area contributed by atoms with Gasteiger partial charge in [-0.25, -0.2) is 13.6 Å². The highest BCUT2D eigenvalue weighted by Gasteiger charge is 2.26. The van der Waals surface area contributed by atoms with E-state index in [0.717, 1.165) is 19.4 Å². The second kappa shape index (κ2) is 9.87. The topological polar surface area (TPSA) is 116 Å². The Morgan fingerprint density at radius 2 is 2.04 bits per heavy atom. The zero-order valence-corrected chi connectivity index (χ0v) is 19.5. The van der Waals surface area contributed by atoms with E-state index >= 15 is 0 Å². The maximum absolute atomic E-state index is 11.6. The van der Waals surface area contributed by atoms with Gasteiger partial charge in [-0.3, -0.25) is 4.79 Å². The first-order valence-corrected chi connectivity index (χ1v) is 11.4. The van der Waals surface area contributed by atoms with Crippen molar-refractivity contribution in [3.05, 3.63) is 27.1 Å². The first kappa shape index (κ1) is 23.9. The highest BCUT2D eigenvalue weighted by Crippen LogP contribution is 2.24. The first-order valence-electron chi connectivity index (χ1n) is 8.28. The van der Waals surface area contributed by atoms with Crippen molar-refractivity contribution >= 4 is 47.8 Å².